The SMILES string of the molecule is CC.CCCNCc1ncc(-c2cc(F)c(N3CCCCC3)c(F)c2)[nH]1. The molecule has 2 aromatic rings. The number of imidazole rings is 1. The first kappa shape index (κ1) is 20.4. The Hall–Kier alpha value is -1.95. The van der Waals surface area contributed by atoms with Gasteiger partial charge in [-0.05, 0) is 44.4 Å². The molecule has 2 N–H and O–H groups in total. The molecule has 1 aliphatic heterocycles. The van der Waals surface area contributed by atoms with Gasteiger partial charge in [0.1, 0.15) is 23.1 Å². The maximum Gasteiger partial charge on any atom is 0.150 e. The molecular weight excluding hydrogens is 334 g/mol. The Morgan fingerprint density at radius 2 is 1.77 bits per heavy atom. The zero-order chi connectivity index (χ0) is 18.9. The van der Waals surface area contributed by atoms with E-state index in [9.17, 15) is 8.78 Å². The van der Waals surface area contributed by atoms with Crippen molar-refractivity contribution in [3.63, 3.8) is 0 Å². The minimum Gasteiger partial charge on any atom is -0.367 e. The van der Waals surface area contributed by atoms with Gasteiger partial charge in [-0.25, -0.2) is 13.8 Å². The molecule has 144 valence electrons. The zero-order valence-corrected chi connectivity index (χ0v) is 16.0. The zero-order valence-electron chi connectivity index (χ0n) is 16.0. The molecule has 1 aromatic heterocycles. The number of nitrogens with zero attached hydrogens (tertiary/aromatic N) is 2. The van der Waals surface area contributed by atoms with E-state index in [4.69, 9.17) is 0 Å². The van der Waals surface area contributed by atoms with Gasteiger partial charge in [-0.15, -0.1) is 0 Å². The molecule has 0 spiro atoms. The highest BCUT2D eigenvalue weighted by Gasteiger charge is 2.20. The summed E-state index contributed by atoms with van der Waals surface area (Å²) in [5.41, 5.74) is 1.22. The second-order valence-electron chi connectivity index (χ2n) is 6.26. The molecule has 1 fully saturated rings. The van der Waals surface area contributed by atoms with Gasteiger partial charge in [-0.2, -0.15) is 0 Å². The summed E-state index contributed by atoms with van der Waals surface area (Å²) >= 11 is 0. The van der Waals surface area contributed by atoms with Crippen LogP contribution in [0.4, 0.5) is 14.5 Å². The van der Waals surface area contributed by atoms with E-state index in [1.165, 1.54) is 12.1 Å². The quantitative estimate of drug-likeness (QED) is 0.719. The number of aromatic nitrogens is 2. The van der Waals surface area contributed by atoms with Crippen molar-refractivity contribution in [2.24, 2.45) is 0 Å². The van der Waals surface area contributed by atoms with Crippen LogP contribution in [0.15, 0.2) is 18.3 Å². The lowest BCUT2D eigenvalue weighted by atomic mass is 10.1. The average Bonchev–Trinajstić information content (AvgIpc) is 3.13. The summed E-state index contributed by atoms with van der Waals surface area (Å²) in [6.45, 7) is 9.04. The monoisotopic (exact) mass is 364 g/mol. The number of piperidine rings is 1. The van der Waals surface area contributed by atoms with Crippen LogP contribution in [0.5, 0.6) is 0 Å². The molecule has 0 bridgehead atoms. The fourth-order valence-corrected chi connectivity index (χ4v) is 3.12. The van der Waals surface area contributed by atoms with Gasteiger partial charge < -0.3 is 15.2 Å². The number of hydrogen-bond donors (Lipinski definition) is 2. The normalized spacial score (nSPS) is 14.1. The molecule has 1 aromatic carbocycles. The summed E-state index contributed by atoms with van der Waals surface area (Å²) in [5.74, 6) is -0.251. The molecule has 0 aliphatic carbocycles. The van der Waals surface area contributed by atoms with Gasteiger partial charge in [-0.1, -0.05) is 20.8 Å². The standard InChI is InChI=1S/C18H24F2N4.C2H6/c1-2-6-21-12-17-22-11-16(23-17)13-9-14(19)18(15(20)10-13)24-7-4-3-5-8-24;1-2/h9-11,21H,2-8,12H2,1H3,(H,22,23);1-2H3. The van der Waals surface area contributed by atoms with Crippen LogP contribution in [0.25, 0.3) is 11.3 Å². The largest absolute Gasteiger partial charge is 0.367 e. The molecule has 0 atom stereocenters. The van der Waals surface area contributed by atoms with Gasteiger partial charge in [0.25, 0.3) is 0 Å². The molecule has 3 rings (SSSR count). The molecule has 0 unspecified atom stereocenters. The Balaban J connectivity index is 0.00000117. The van der Waals surface area contributed by atoms with Crippen molar-refractivity contribution in [3.05, 3.63) is 35.8 Å². The molecule has 0 amide bonds. The summed E-state index contributed by atoms with van der Waals surface area (Å²) < 4.78 is 29.0. The smallest absolute Gasteiger partial charge is 0.150 e. The topological polar surface area (TPSA) is 44.0 Å². The fourth-order valence-electron chi connectivity index (χ4n) is 3.12. The van der Waals surface area contributed by atoms with Crippen LogP contribution in [0.1, 0.15) is 52.3 Å². The Kier molecular flexibility index (Phi) is 8.04. The van der Waals surface area contributed by atoms with Crippen LogP contribution in [0, 0.1) is 11.6 Å². The summed E-state index contributed by atoms with van der Waals surface area (Å²) in [7, 11) is 0. The predicted octanol–water partition coefficient (Wildman–Crippen LogP) is 4.87. The van der Waals surface area contributed by atoms with Crippen LogP contribution in [-0.4, -0.2) is 29.6 Å². The van der Waals surface area contributed by atoms with Crippen LogP contribution in [-0.2, 0) is 6.54 Å². The lowest BCUT2D eigenvalue weighted by Crippen LogP contribution is -2.31. The molecule has 26 heavy (non-hydrogen) atoms. The van der Waals surface area contributed by atoms with E-state index in [-0.39, 0.29) is 5.69 Å². The number of aromatic amines is 1. The fraction of sp³-hybridized carbons (Fsp3) is 0.550. The highest BCUT2D eigenvalue weighted by Crippen LogP contribution is 2.30. The van der Waals surface area contributed by atoms with Crippen LogP contribution >= 0.6 is 0 Å². The third kappa shape index (κ3) is 5.04. The Morgan fingerprint density at radius 1 is 1.12 bits per heavy atom. The third-order valence-electron chi connectivity index (χ3n) is 4.35. The van der Waals surface area contributed by atoms with Gasteiger partial charge in [0.2, 0.25) is 0 Å². The third-order valence-corrected chi connectivity index (χ3v) is 4.35. The van der Waals surface area contributed by atoms with Crippen LogP contribution in [0.2, 0.25) is 0 Å². The number of halogens is 2. The van der Waals surface area contributed by atoms with Crippen LogP contribution < -0.4 is 10.2 Å². The molecule has 1 aliphatic rings. The first-order valence-electron chi connectivity index (χ1n) is 9.68. The molecule has 0 radical (unpaired) electrons. The number of H-pyrrole nitrogens is 1. The Bertz CT molecular complexity index is 655. The summed E-state index contributed by atoms with van der Waals surface area (Å²) in [6.07, 6.45) is 5.76. The lowest BCUT2D eigenvalue weighted by Gasteiger charge is -2.29. The molecular formula is C20H30F2N4. The van der Waals surface area contributed by atoms with E-state index in [0.717, 1.165) is 38.1 Å². The Morgan fingerprint density at radius 3 is 2.38 bits per heavy atom. The van der Waals surface area contributed by atoms with E-state index in [1.807, 2.05) is 18.7 Å². The maximum absolute atomic E-state index is 14.5. The molecule has 6 heteroatoms. The second-order valence-corrected chi connectivity index (χ2v) is 6.26. The van der Waals surface area contributed by atoms with Gasteiger partial charge >= 0.3 is 0 Å². The summed E-state index contributed by atoms with van der Waals surface area (Å²) in [4.78, 5) is 9.19. The number of benzene rings is 1. The predicted molar refractivity (Wildman–Crippen MR) is 103 cm³/mol. The van der Waals surface area contributed by atoms with E-state index >= 15 is 0 Å². The van der Waals surface area contributed by atoms with Gasteiger partial charge in [0.05, 0.1) is 18.4 Å². The minimum atomic E-state index is -0.507. The van der Waals surface area contributed by atoms with Crippen LogP contribution in [0.3, 0.4) is 0 Å². The highest BCUT2D eigenvalue weighted by atomic mass is 19.1. The number of anilines is 1. The molecule has 4 nitrogen and oxygen atoms in total. The molecule has 0 saturated carbocycles. The number of hydrogen-bond acceptors (Lipinski definition) is 3. The molecule has 1 saturated heterocycles. The van der Waals surface area contributed by atoms with Gasteiger partial charge in [0.15, 0.2) is 0 Å². The van der Waals surface area contributed by atoms with E-state index < -0.39 is 11.6 Å². The summed E-state index contributed by atoms with van der Waals surface area (Å²) in [6, 6.07) is 2.79. The van der Waals surface area contributed by atoms with Crippen molar-refractivity contribution in [1.82, 2.24) is 15.3 Å². The lowest BCUT2D eigenvalue weighted by molar-refractivity contribution is 0.531. The molecule has 2 heterocycles. The van der Waals surface area contributed by atoms with Crippen molar-refractivity contribution >= 4 is 5.69 Å². The van der Waals surface area contributed by atoms with E-state index in [1.54, 1.807) is 6.20 Å². The van der Waals surface area contributed by atoms with Crippen molar-refractivity contribution in [1.29, 1.82) is 0 Å². The first-order chi connectivity index (χ1) is 12.7. The minimum absolute atomic E-state index is 0.0998. The number of rotatable bonds is 6. The van der Waals surface area contributed by atoms with Crippen molar-refractivity contribution in [2.45, 2.75) is 53.0 Å². The first-order valence-corrected chi connectivity index (χ1v) is 9.68. The van der Waals surface area contributed by atoms with Gasteiger partial charge in [-0.3, -0.25) is 0 Å². The second kappa shape index (κ2) is 10.3. The number of nitrogens with one attached hydrogen (secondary N) is 2. The maximum atomic E-state index is 14.5. The van der Waals surface area contributed by atoms with Gasteiger partial charge in [0, 0.05) is 18.7 Å². The van der Waals surface area contributed by atoms with Crippen molar-refractivity contribution in [2.75, 3.05) is 24.5 Å². The van der Waals surface area contributed by atoms with Crippen molar-refractivity contribution < 1.29 is 8.78 Å². The summed E-state index contributed by atoms with van der Waals surface area (Å²) in [5, 5.41) is 3.24. The highest BCUT2D eigenvalue weighted by molar-refractivity contribution is 5.64. The Labute approximate surface area is 155 Å². The van der Waals surface area contributed by atoms with E-state index in [2.05, 4.69) is 22.2 Å². The van der Waals surface area contributed by atoms with E-state index in [0.29, 0.717) is 30.9 Å². The average molecular weight is 364 g/mol. The van der Waals surface area contributed by atoms with Crippen molar-refractivity contribution in [3.8, 4) is 11.3 Å².